The highest BCUT2D eigenvalue weighted by atomic mass is 79.9. The Morgan fingerprint density at radius 3 is 2.68 bits per heavy atom. The van der Waals surface area contributed by atoms with Crippen LogP contribution in [0, 0.1) is 15.9 Å². The van der Waals surface area contributed by atoms with Crippen molar-refractivity contribution in [3.8, 4) is 11.5 Å². The number of halogens is 3. The van der Waals surface area contributed by atoms with Crippen molar-refractivity contribution in [2.45, 2.75) is 0 Å². The normalized spacial score (nSPS) is 10.3. The minimum Gasteiger partial charge on any atom is -0.447 e. The fraction of sp³-hybridized carbons (Fsp3) is 0. The highest BCUT2D eigenvalue weighted by Gasteiger charge is 2.21. The number of ether oxygens (including phenoxy) is 1. The molecule has 2 aromatic carbocycles. The second-order valence-electron chi connectivity index (χ2n) is 3.52. The van der Waals surface area contributed by atoms with Gasteiger partial charge in [-0.3, -0.25) is 10.1 Å². The molecule has 7 heteroatoms. The van der Waals surface area contributed by atoms with E-state index in [1.165, 1.54) is 36.4 Å². The monoisotopic (exact) mass is 345 g/mol. The minimum absolute atomic E-state index is 0.0714. The summed E-state index contributed by atoms with van der Waals surface area (Å²) in [6.07, 6.45) is 0. The van der Waals surface area contributed by atoms with Crippen molar-refractivity contribution in [1.29, 1.82) is 0 Å². The molecule has 0 heterocycles. The summed E-state index contributed by atoms with van der Waals surface area (Å²) in [6, 6.07) is 8.26. The van der Waals surface area contributed by atoms with Crippen LogP contribution in [-0.4, -0.2) is 4.92 Å². The van der Waals surface area contributed by atoms with Crippen LogP contribution < -0.4 is 4.74 Å². The van der Waals surface area contributed by atoms with Crippen molar-refractivity contribution < 1.29 is 14.1 Å². The maximum atomic E-state index is 13.5. The largest absolute Gasteiger partial charge is 0.447 e. The smallest absolute Gasteiger partial charge is 0.329 e. The van der Waals surface area contributed by atoms with E-state index in [4.69, 9.17) is 16.3 Å². The lowest BCUT2D eigenvalue weighted by Gasteiger charge is -2.08. The summed E-state index contributed by atoms with van der Waals surface area (Å²) in [7, 11) is 0. The van der Waals surface area contributed by atoms with E-state index < -0.39 is 16.4 Å². The molecule has 0 saturated carbocycles. The van der Waals surface area contributed by atoms with Crippen LogP contribution in [0.25, 0.3) is 0 Å². The van der Waals surface area contributed by atoms with Gasteiger partial charge < -0.3 is 4.74 Å². The van der Waals surface area contributed by atoms with E-state index in [-0.39, 0.29) is 16.5 Å². The molecule has 0 spiro atoms. The lowest BCUT2D eigenvalue weighted by Crippen LogP contribution is -1.95. The molecular weight excluding hydrogens is 340 g/mol. The Bertz CT molecular complexity index is 651. The molecule has 0 saturated heterocycles. The van der Waals surface area contributed by atoms with Crippen LogP contribution in [0.15, 0.2) is 40.9 Å². The van der Waals surface area contributed by atoms with Crippen molar-refractivity contribution in [2.75, 3.05) is 0 Å². The molecule has 0 amide bonds. The van der Waals surface area contributed by atoms with Gasteiger partial charge in [-0.15, -0.1) is 0 Å². The zero-order valence-electron chi connectivity index (χ0n) is 9.27. The van der Waals surface area contributed by atoms with Gasteiger partial charge in [0, 0.05) is 4.47 Å². The molecule has 0 bridgehead atoms. The van der Waals surface area contributed by atoms with Gasteiger partial charge >= 0.3 is 5.69 Å². The Hall–Kier alpha value is -1.66. The summed E-state index contributed by atoms with van der Waals surface area (Å²) < 4.78 is 19.4. The highest BCUT2D eigenvalue weighted by molar-refractivity contribution is 9.10. The first-order valence-electron chi connectivity index (χ1n) is 5.05. The van der Waals surface area contributed by atoms with Gasteiger partial charge in [0.1, 0.15) is 5.02 Å². The molecule has 2 aromatic rings. The fourth-order valence-electron chi connectivity index (χ4n) is 1.43. The average molecular weight is 347 g/mol. The summed E-state index contributed by atoms with van der Waals surface area (Å²) >= 11 is 8.90. The second kappa shape index (κ2) is 5.54. The highest BCUT2D eigenvalue weighted by Crippen LogP contribution is 2.38. The zero-order chi connectivity index (χ0) is 14.0. The molecule has 0 radical (unpaired) electrons. The number of hydrogen-bond donors (Lipinski definition) is 0. The predicted molar refractivity (Wildman–Crippen MR) is 72.3 cm³/mol. The number of nitro groups is 1. The Morgan fingerprint density at radius 1 is 1.26 bits per heavy atom. The van der Waals surface area contributed by atoms with Crippen LogP contribution in [0.1, 0.15) is 0 Å². The van der Waals surface area contributed by atoms with Gasteiger partial charge in [0.05, 0.1) is 4.92 Å². The average Bonchev–Trinajstić information content (AvgIpc) is 2.33. The summed E-state index contributed by atoms with van der Waals surface area (Å²) in [4.78, 5) is 10.2. The van der Waals surface area contributed by atoms with Gasteiger partial charge in [-0.2, -0.15) is 0 Å². The van der Waals surface area contributed by atoms with E-state index in [1.54, 1.807) is 0 Å². The van der Waals surface area contributed by atoms with Gasteiger partial charge in [-0.25, -0.2) is 4.39 Å². The number of benzene rings is 2. The Balaban J connectivity index is 2.46. The lowest BCUT2D eigenvalue weighted by molar-refractivity contribution is -0.385. The first-order valence-corrected chi connectivity index (χ1v) is 6.22. The molecule has 0 aliphatic rings. The molecule has 19 heavy (non-hydrogen) atoms. The number of rotatable bonds is 3. The first kappa shape index (κ1) is 13.8. The van der Waals surface area contributed by atoms with Gasteiger partial charge in [-0.05, 0) is 30.3 Å². The fourth-order valence-corrected chi connectivity index (χ4v) is 2.00. The Morgan fingerprint density at radius 2 is 2.00 bits per heavy atom. The summed E-state index contributed by atoms with van der Waals surface area (Å²) in [6.45, 7) is 0. The van der Waals surface area contributed by atoms with Gasteiger partial charge in [-0.1, -0.05) is 33.6 Å². The molecule has 0 atom stereocenters. The lowest BCUT2D eigenvalue weighted by atomic mass is 10.3. The van der Waals surface area contributed by atoms with Crippen molar-refractivity contribution in [3.05, 3.63) is 61.8 Å². The Labute approximate surface area is 121 Å². The van der Waals surface area contributed by atoms with Gasteiger partial charge in [0.15, 0.2) is 11.6 Å². The quantitative estimate of drug-likeness (QED) is 0.584. The van der Waals surface area contributed by atoms with Gasteiger partial charge in [0.25, 0.3) is 0 Å². The van der Waals surface area contributed by atoms with Crippen molar-refractivity contribution >= 4 is 33.2 Å². The predicted octanol–water partition coefficient (Wildman–Crippen LogP) is 4.94. The third-order valence-corrected chi connectivity index (χ3v) is 3.04. The maximum Gasteiger partial charge on any atom is 0.329 e. The van der Waals surface area contributed by atoms with E-state index in [0.717, 1.165) is 0 Å². The molecule has 4 nitrogen and oxygen atoms in total. The van der Waals surface area contributed by atoms with Crippen LogP contribution in [-0.2, 0) is 0 Å². The number of para-hydroxylation sites is 1. The molecular formula is C12H6BrClFNO3. The summed E-state index contributed by atoms with van der Waals surface area (Å²) in [5.41, 5.74) is -0.399. The standard InChI is InChI=1S/C12H6BrClFNO3/c13-7-4-5-9(15)11(6-7)19-10-3-1-2-8(14)12(10)16(17)18/h1-6H. The molecule has 0 unspecified atom stereocenters. The van der Waals surface area contributed by atoms with E-state index in [0.29, 0.717) is 4.47 Å². The maximum absolute atomic E-state index is 13.5. The van der Waals surface area contributed by atoms with Crippen LogP contribution >= 0.6 is 27.5 Å². The topological polar surface area (TPSA) is 52.4 Å². The number of hydrogen-bond acceptors (Lipinski definition) is 3. The van der Waals surface area contributed by atoms with E-state index >= 15 is 0 Å². The van der Waals surface area contributed by atoms with Crippen LogP contribution in [0.5, 0.6) is 11.5 Å². The first-order chi connectivity index (χ1) is 8.99. The molecule has 0 aromatic heterocycles. The molecule has 0 N–H and O–H groups in total. The van der Waals surface area contributed by atoms with Crippen molar-refractivity contribution in [1.82, 2.24) is 0 Å². The summed E-state index contributed by atoms with van der Waals surface area (Å²) in [5, 5.41) is 10.9. The van der Waals surface area contributed by atoms with E-state index in [9.17, 15) is 14.5 Å². The van der Waals surface area contributed by atoms with E-state index in [1.807, 2.05) is 0 Å². The second-order valence-corrected chi connectivity index (χ2v) is 4.84. The third kappa shape index (κ3) is 3.02. The van der Waals surface area contributed by atoms with Gasteiger partial charge in [0.2, 0.25) is 5.75 Å². The zero-order valence-corrected chi connectivity index (χ0v) is 11.6. The third-order valence-electron chi connectivity index (χ3n) is 2.25. The van der Waals surface area contributed by atoms with Crippen molar-refractivity contribution in [2.24, 2.45) is 0 Å². The van der Waals surface area contributed by atoms with Crippen molar-refractivity contribution in [3.63, 3.8) is 0 Å². The molecule has 0 aliphatic carbocycles. The van der Waals surface area contributed by atoms with Crippen LogP contribution in [0.3, 0.4) is 0 Å². The number of nitro benzene ring substituents is 1. The molecule has 0 aliphatic heterocycles. The SMILES string of the molecule is O=[N+]([O-])c1c(Cl)cccc1Oc1cc(Br)ccc1F. The number of nitrogens with zero attached hydrogens (tertiary/aromatic N) is 1. The molecule has 2 rings (SSSR count). The Kier molecular flexibility index (Phi) is 4.01. The molecule has 98 valence electrons. The minimum atomic E-state index is -0.673. The van der Waals surface area contributed by atoms with Crippen LogP contribution in [0.2, 0.25) is 5.02 Å². The van der Waals surface area contributed by atoms with Crippen LogP contribution in [0.4, 0.5) is 10.1 Å². The molecule has 0 fully saturated rings. The summed E-state index contributed by atoms with van der Waals surface area (Å²) in [5.74, 6) is -0.869. The van der Waals surface area contributed by atoms with E-state index in [2.05, 4.69) is 15.9 Å².